The van der Waals surface area contributed by atoms with Crippen molar-refractivity contribution >= 4 is 32.4 Å². The van der Waals surface area contributed by atoms with E-state index in [9.17, 15) is 13.2 Å². The Kier molecular flexibility index (Phi) is 3.80. The van der Waals surface area contributed by atoms with Crippen LogP contribution in [0.4, 0.5) is 10.5 Å². The zero-order valence-electron chi connectivity index (χ0n) is 10.6. The molecule has 1 amide bonds. The fourth-order valence-corrected chi connectivity index (χ4v) is 3.24. The predicted molar refractivity (Wildman–Crippen MR) is 75.9 cm³/mol. The number of hydrogen-bond acceptors (Lipinski definition) is 5. The SMILES string of the molecule is NC(=O)OCCS(=O)(=O)c1ccc(N)c2ccccc12. The van der Waals surface area contributed by atoms with E-state index in [4.69, 9.17) is 11.5 Å². The first-order chi connectivity index (χ1) is 9.42. The van der Waals surface area contributed by atoms with Gasteiger partial charge in [0.1, 0.15) is 6.61 Å². The number of carbonyl (C=O) groups is 1. The molecule has 0 fully saturated rings. The topological polar surface area (TPSA) is 112 Å². The lowest BCUT2D eigenvalue weighted by molar-refractivity contribution is 0.163. The van der Waals surface area contributed by atoms with Crippen LogP contribution < -0.4 is 11.5 Å². The molecule has 20 heavy (non-hydrogen) atoms. The van der Waals surface area contributed by atoms with E-state index < -0.39 is 15.9 Å². The molecule has 0 aliphatic rings. The lowest BCUT2D eigenvalue weighted by Crippen LogP contribution is -2.19. The third-order valence-corrected chi connectivity index (χ3v) is 4.58. The summed E-state index contributed by atoms with van der Waals surface area (Å²) in [5, 5.41) is 1.22. The van der Waals surface area contributed by atoms with Crippen molar-refractivity contribution in [3.8, 4) is 0 Å². The average Bonchev–Trinajstić information content (AvgIpc) is 2.38. The van der Waals surface area contributed by atoms with Crippen LogP contribution in [0.3, 0.4) is 0 Å². The number of ether oxygens (including phenoxy) is 1. The van der Waals surface area contributed by atoms with Crippen molar-refractivity contribution in [2.75, 3.05) is 18.1 Å². The molecule has 6 nitrogen and oxygen atoms in total. The van der Waals surface area contributed by atoms with E-state index >= 15 is 0 Å². The largest absolute Gasteiger partial charge is 0.449 e. The molecule has 2 aromatic carbocycles. The Morgan fingerprint density at radius 3 is 2.40 bits per heavy atom. The first-order valence-electron chi connectivity index (χ1n) is 5.84. The lowest BCUT2D eigenvalue weighted by atomic mass is 10.1. The van der Waals surface area contributed by atoms with Crippen LogP contribution in [0, 0.1) is 0 Å². The standard InChI is InChI=1S/C13H14N2O4S/c14-11-5-6-12(10-4-2-1-3-9(10)11)20(17,18)8-7-19-13(15)16/h1-6H,7-8,14H2,(H2,15,16). The van der Waals surface area contributed by atoms with Crippen molar-refractivity contribution in [2.24, 2.45) is 5.73 Å². The smallest absolute Gasteiger partial charge is 0.404 e. The second kappa shape index (κ2) is 5.38. The van der Waals surface area contributed by atoms with Gasteiger partial charge < -0.3 is 16.2 Å². The van der Waals surface area contributed by atoms with Crippen LogP contribution in [-0.4, -0.2) is 26.9 Å². The van der Waals surface area contributed by atoms with Crippen LogP contribution in [-0.2, 0) is 14.6 Å². The van der Waals surface area contributed by atoms with Crippen molar-refractivity contribution < 1.29 is 17.9 Å². The summed E-state index contributed by atoms with van der Waals surface area (Å²) in [7, 11) is -3.59. The summed E-state index contributed by atoms with van der Waals surface area (Å²) in [6, 6.07) is 9.96. The molecule has 4 N–H and O–H groups in total. The zero-order valence-corrected chi connectivity index (χ0v) is 11.4. The molecule has 0 aliphatic heterocycles. The number of benzene rings is 2. The summed E-state index contributed by atoms with van der Waals surface area (Å²) in [6.07, 6.45) is -0.998. The van der Waals surface area contributed by atoms with Gasteiger partial charge in [0.05, 0.1) is 10.6 Å². The third-order valence-electron chi connectivity index (χ3n) is 2.85. The van der Waals surface area contributed by atoms with Gasteiger partial charge in [-0.2, -0.15) is 0 Å². The van der Waals surface area contributed by atoms with Crippen LogP contribution in [0.15, 0.2) is 41.3 Å². The van der Waals surface area contributed by atoms with E-state index in [1.807, 2.05) is 0 Å². The van der Waals surface area contributed by atoms with Gasteiger partial charge >= 0.3 is 6.09 Å². The van der Waals surface area contributed by atoms with Crippen molar-refractivity contribution in [3.63, 3.8) is 0 Å². The van der Waals surface area contributed by atoms with Crippen LogP contribution >= 0.6 is 0 Å². The van der Waals surface area contributed by atoms with Gasteiger partial charge in [-0.1, -0.05) is 24.3 Å². The van der Waals surface area contributed by atoms with Crippen LogP contribution in [0.5, 0.6) is 0 Å². The molecule has 0 aliphatic carbocycles. The van der Waals surface area contributed by atoms with E-state index in [1.165, 1.54) is 6.07 Å². The summed E-state index contributed by atoms with van der Waals surface area (Å²) >= 11 is 0. The van der Waals surface area contributed by atoms with Gasteiger partial charge in [-0.25, -0.2) is 13.2 Å². The van der Waals surface area contributed by atoms with Gasteiger partial charge in [0, 0.05) is 16.5 Å². The number of nitrogen functional groups attached to an aromatic ring is 1. The minimum atomic E-state index is -3.59. The monoisotopic (exact) mass is 294 g/mol. The van der Waals surface area contributed by atoms with E-state index in [2.05, 4.69) is 4.74 Å². The van der Waals surface area contributed by atoms with Crippen molar-refractivity contribution in [2.45, 2.75) is 4.90 Å². The summed E-state index contributed by atoms with van der Waals surface area (Å²) in [6.45, 7) is -0.281. The van der Waals surface area contributed by atoms with Gasteiger partial charge in [0.2, 0.25) is 0 Å². The second-order valence-corrected chi connectivity index (χ2v) is 6.26. The summed E-state index contributed by atoms with van der Waals surface area (Å²) in [5.74, 6) is -0.330. The first kappa shape index (κ1) is 14.1. The van der Waals surface area contributed by atoms with Gasteiger partial charge in [0.15, 0.2) is 9.84 Å². The molecule has 0 saturated heterocycles. The zero-order chi connectivity index (χ0) is 14.8. The first-order valence-corrected chi connectivity index (χ1v) is 7.49. The Morgan fingerprint density at radius 2 is 1.75 bits per heavy atom. The summed E-state index contributed by atoms with van der Waals surface area (Å²) in [4.78, 5) is 10.6. The van der Waals surface area contributed by atoms with Crippen molar-refractivity contribution in [3.05, 3.63) is 36.4 Å². The average molecular weight is 294 g/mol. The third kappa shape index (κ3) is 2.83. The van der Waals surface area contributed by atoms with E-state index in [0.717, 1.165) is 0 Å². The molecular weight excluding hydrogens is 280 g/mol. The fourth-order valence-electron chi connectivity index (χ4n) is 1.93. The van der Waals surface area contributed by atoms with Gasteiger partial charge in [-0.05, 0) is 12.1 Å². The van der Waals surface area contributed by atoms with Crippen molar-refractivity contribution in [1.82, 2.24) is 0 Å². The Hall–Kier alpha value is -2.28. The van der Waals surface area contributed by atoms with Gasteiger partial charge in [-0.15, -0.1) is 0 Å². The fraction of sp³-hybridized carbons (Fsp3) is 0.154. The predicted octanol–water partition coefficient (Wildman–Crippen LogP) is 1.29. The van der Waals surface area contributed by atoms with E-state index in [1.54, 1.807) is 30.3 Å². The highest BCUT2D eigenvalue weighted by atomic mass is 32.2. The molecule has 0 radical (unpaired) electrons. The van der Waals surface area contributed by atoms with Crippen LogP contribution in [0.25, 0.3) is 10.8 Å². The number of anilines is 1. The summed E-state index contributed by atoms with van der Waals surface area (Å²) in [5.41, 5.74) is 11.1. The minimum Gasteiger partial charge on any atom is -0.449 e. The molecular formula is C13H14N2O4S. The molecule has 0 atom stereocenters. The number of primary amides is 1. The number of fused-ring (bicyclic) bond motifs is 1. The molecule has 2 aromatic rings. The van der Waals surface area contributed by atoms with Gasteiger partial charge in [-0.3, -0.25) is 0 Å². The highest BCUT2D eigenvalue weighted by Crippen LogP contribution is 2.28. The summed E-state index contributed by atoms with van der Waals surface area (Å²) < 4.78 is 29.0. The quantitative estimate of drug-likeness (QED) is 0.825. The number of amides is 1. The number of sulfone groups is 1. The maximum Gasteiger partial charge on any atom is 0.404 e. The molecule has 0 heterocycles. The maximum atomic E-state index is 12.3. The van der Waals surface area contributed by atoms with Crippen LogP contribution in [0.1, 0.15) is 0 Å². The number of nitrogens with two attached hydrogens (primary N) is 2. The Labute approximate surface area is 116 Å². The van der Waals surface area contributed by atoms with Gasteiger partial charge in [0.25, 0.3) is 0 Å². The Balaban J connectivity index is 2.42. The molecule has 0 spiro atoms. The van der Waals surface area contributed by atoms with Crippen LogP contribution in [0.2, 0.25) is 0 Å². The van der Waals surface area contributed by atoms with E-state index in [0.29, 0.717) is 16.5 Å². The molecule has 0 bridgehead atoms. The molecule has 0 unspecified atom stereocenters. The number of carbonyl (C=O) groups excluding carboxylic acids is 1. The molecule has 7 heteroatoms. The molecule has 0 aromatic heterocycles. The normalized spacial score (nSPS) is 11.4. The molecule has 0 saturated carbocycles. The molecule has 2 rings (SSSR count). The second-order valence-electron chi connectivity index (χ2n) is 4.18. The van der Waals surface area contributed by atoms with Crippen molar-refractivity contribution in [1.29, 1.82) is 0 Å². The highest BCUT2D eigenvalue weighted by Gasteiger charge is 2.18. The minimum absolute atomic E-state index is 0.162. The van der Waals surface area contributed by atoms with E-state index in [-0.39, 0.29) is 17.3 Å². The Morgan fingerprint density at radius 1 is 1.10 bits per heavy atom. The molecule has 106 valence electrons. The lowest BCUT2D eigenvalue weighted by Gasteiger charge is -2.09. The maximum absolute atomic E-state index is 12.3. The number of rotatable bonds is 4. The Bertz CT molecular complexity index is 756. The highest BCUT2D eigenvalue weighted by molar-refractivity contribution is 7.91. The number of hydrogen-bond donors (Lipinski definition) is 2.